The average molecular weight is 272 g/mol. The summed E-state index contributed by atoms with van der Waals surface area (Å²) in [4.78, 5) is 12.1. The molecule has 0 aliphatic carbocycles. The normalized spacial score (nSPS) is 12.1. The van der Waals surface area contributed by atoms with Crippen LogP contribution in [0.5, 0.6) is 0 Å². The summed E-state index contributed by atoms with van der Waals surface area (Å²) in [6.07, 6.45) is 4.97. The van der Waals surface area contributed by atoms with Gasteiger partial charge < -0.3 is 11.1 Å². The predicted molar refractivity (Wildman–Crippen MR) is 78.8 cm³/mol. The van der Waals surface area contributed by atoms with Crippen molar-refractivity contribution in [2.24, 2.45) is 5.73 Å². The summed E-state index contributed by atoms with van der Waals surface area (Å²) in [5, 5.41) is 7.19. The summed E-state index contributed by atoms with van der Waals surface area (Å²) < 4.78 is 1.69. The van der Waals surface area contributed by atoms with E-state index in [1.54, 1.807) is 17.1 Å². The molecule has 106 valence electrons. The molecule has 0 bridgehead atoms. The molecular weight excluding hydrogens is 252 g/mol. The maximum absolute atomic E-state index is 12.1. The average Bonchev–Trinajstić information content (AvgIpc) is 2.97. The van der Waals surface area contributed by atoms with Gasteiger partial charge in [0.15, 0.2) is 0 Å². The van der Waals surface area contributed by atoms with Crippen molar-refractivity contribution in [2.45, 2.75) is 25.8 Å². The van der Waals surface area contributed by atoms with Gasteiger partial charge in [-0.1, -0.05) is 25.1 Å². The highest BCUT2D eigenvalue weighted by Crippen LogP contribution is 2.08. The summed E-state index contributed by atoms with van der Waals surface area (Å²) in [7, 11) is 0. The van der Waals surface area contributed by atoms with E-state index in [4.69, 9.17) is 5.73 Å². The Hall–Kier alpha value is -2.14. The summed E-state index contributed by atoms with van der Waals surface area (Å²) >= 11 is 0. The summed E-state index contributed by atoms with van der Waals surface area (Å²) in [5.41, 5.74) is 7.02. The molecule has 1 aromatic carbocycles. The standard InChI is InChI=1S/C15H20N4O/c1-2-13(8-9-16)18-15(20)12-10-17-19(11-12)14-6-4-3-5-7-14/h3-7,10-11,13H,2,8-9,16H2,1H3,(H,18,20). The van der Waals surface area contributed by atoms with Crippen molar-refractivity contribution in [1.82, 2.24) is 15.1 Å². The van der Waals surface area contributed by atoms with Crippen molar-refractivity contribution in [3.05, 3.63) is 48.3 Å². The second kappa shape index (κ2) is 6.86. The number of nitrogens with one attached hydrogen (secondary N) is 1. The molecule has 1 amide bonds. The van der Waals surface area contributed by atoms with Crippen LogP contribution in [0.4, 0.5) is 0 Å². The van der Waals surface area contributed by atoms with Crippen LogP contribution in [0, 0.1) is 0 Å². The van der Waals surface area contributed by atoms with Crippen LogP contribution in [-0.4, -0.2) is 28.3 Å². The monoisotopic (exact) mass is 272 g/mol. The van der Waals surface area contributed by atoms with Crippen molar-refractivity contribution in [3.63, 3.8) is 0 Å². The molecule has 0 saturated carbocycles. The second-order valence-electron chi connectivity index (χ2n) is 4.67. The van der Waals surface area contributed by atoms with Crippen LogP contribution in [0.1, 0.15) is 30.1 Å². The first-order chi connectivity index (χ1) is 9.74. The molecule has 2 rings (SSSR count). The minimum Gasteiger partial charge on any atom is -0.349 e. The number of rotatable bonds is 6. The number of carbonyl (C=O) groups excluding carboxylic acids is 1. The van der Waals surface area contributed by atoms with Crippen molar-refractivity contribution < 1.29 is 4.79 Å². The molecule has 0 aliphatic heterocycles. The van der Waals surface area contributed by atoms with Gasteiger partial charge >= 0.3 is 0 Å². The van der Waals surface area contributed by atoms with Gasteiger partial charge in [-0.3, -0.25) is 4.79 Å². The van der Waals surface area contributed by atoms with E-state index in [1.165, 1.54) is 0 Å². The number of hydrogen-bond acceptors (Lipinski definition) is 3. The fourth-order valence-corrected chi connectivity index (χ4v) is 2.01. The van der Waals surface area contributed by atoms with Gasteiger partial charge in [0, 0.05) is 12.2 Å². The number of para-hydroxylation sites is 1. The van der Waals surface area contributed by atoms with Crippen molar-refractivity contribution >= 4 is 5.91 Å². The quantitative estimate of drug-likeness (QED) is 0.841. The zero-order valence-electron chi connectivity index (χ0n) is 11.6. The third-order valence-corrected chi connectivity index (χ3v) is 3.21. The number of benzene rings is 1. The molecule has 0 spiro atoms. The van der Waals surface area contributed by atoms with E-state index in [0.29, 0.717) is 12.1 Å². The molecule has 0 fully saturated rings. The Labute approximate surface area is 118 Å². The van der Waals surface area contributed by atoms with Gasteiger partial charge in [-0.05, 0) is 31.5 Å². The van der Waals surface area contributed by atoms with Crippen LogP contribution in [0.15, 0.2) is 42.7 Å². The maximum atomic E-state index is 12.1. The number of nitrogens with zero attached hydrogens (tertiary/aromatic N) is 2. The first kappa shape index (κ1) is 14.3. The molecule has 1 aromatic heterocycles. The Bertz CT molecular complexity index is 550. The Kier molecular flexibility index (Phi) is 4.90. The first-order valence-corrected chi connectivity index (χ1v) is 6.85. The van der Waals surface area contributed by atoms with E-state index in [9.17, 15) is 4.79 Å². The van der Waals surface area contributed by atoms with E-state index in [-0.39, 0.29) is 11.9 Å². The van der Waals surface area contributed by atoms with Crippen LogP contribution in [-0.2, 0) is 0 Å². The van der Waals surface area contributed by atoms with Crippen LogP contribution in [0.25, 0.3) is 5.69 Å². The lowest BCUT2D eigenvalue weighted by atomic mass is 10.1. The van der Waals surface area contributed by atoms with Crippen LogP contribution < -0.4 is 11.1 Å². The lowest BCUT2D eigenvalue weighted by Gasteiger charge is -2.14. The number of nitrogens with two attached hydrogens (primary N) is 1. The minimum absolute atomic E-state index is 0.104. The third kappa shape index (κ3) is 3.45. The molecule has 1 heterocycles. The molecule has 2 aromatic rings. The van der Waals surface area contributed by atoms with Crippen LogP contribution >= 0.6 is 0 Å². The molecule has 3 N–H and O–H groups in total. The molecule has 1 unspecified atom stereocenters. The van der Waals surface area contributed by atoms with Crippen LogP contribution in [0.3, 0.4) is 0 Å². The molecule has 0 radical (unpaired) electrons. The Morgan fingerprint density at radius 1 is 1.40 bits per heavy atom. The van der Waals surface area contributed by atoms with Gasteiger partial charge in [0.05, 0.1) is 17.4 Å². The van der Waals surface area contributed by atoms with E-state index in [2.05, 4.69) is 10.4 Å². The topological polar surface area (TPSA) is 72.9 Å². The molecule has 1 atom stereocenters. The van der Waals surface area contributed by atoms with Gasteiger partial charge in [0.1, 0.15) is 0 Å². The molecule has 20 heavy (non-hydrogen) atoms. The Balaban J connectivity index is 2.07. The van der Waals surface area contributed by atoms with E-state index >= 15 is 0 Å². The second-order valence-corrected chi connectivity index (χ2v) is 4.67. The lowest BCUT2D eigenvalue weighted by molar-refractivity contribution is 0.0934. The molecule has 5 heteroatoms. The van der Waals surface area contributed by atoms with Crippen LogP contribution in [0.2, 0.25) is 0 Å². The van der Waals surface area contributed by atoms with Gasteiger partial charge in [-0.25, -0.2) is 4.68 Å². The number of aromatic nitrogens is 2. The highest BCUT2D eigenvalue weighted by molar-refractivity contribution is 5.93. The predicted octanol–water partition coefficient (Wildman–Crippen LogP) is 1.73. The van der Waals surface area contributed by atoms with Gasteiger partial charge in [-0.15, -0.1) is 0 Å². The van der Waals surface area contributed by atoms with E-state index in [0.717, 1.165) is 18.5 Å². The van der Waals surface area contributed by atoms with Gasteiger partial charge in [-0.2, -0.15) is 5.10 Å². The lowest BCUT2D eigenvalue weighted by Crippen LogP contribution is -2.35. The zero-order valence-corrected chi connectivity index (χ0v) is 11.6. The molecular formula is C15H20N4O. The maximum Gasteiger partial charge on any atom is 0.254 e. The highest BCUT2D eigenvalue weighted by atomic mass is 16.1. The largest absolute Gasteiger partial charge is 0.349 e. The van der Waals surface area contributed by atoms with Gasteiger partial charge in [0.2, 0.25) is 0 Å². The van der Waals surface area contributed by atoms with Crippen molar-refractivity contribution in [3.8, 4) is 5.69 Å². The molecule has 0 saturated heterocycles. The number of carbonyl (C=O) groups is 1. The first-order valence-electron chi connectivity index (χ1n) is 6.85. The van der Waals surface area contributed by atoms with E-state index in [1.807, 2.05) is 37.3 Å². The third-order valence-electron chi connectivity index (χ3n) is 3.21. The minimum atomic E-state index is -0.104. The van der Waals surface area contributed by atoms with Gasteiger partial charge in [0.25, 0.3) is 5.91 Å². The molecule has 0 aliphatic rings. The van der Waals surface area contributed by atoms with Crippen molar-refractivity contribution in [1.29, 1.82) is 0 Å². The zero-order chi connectivity index (χ0) is 14.4. The Morgan fingerprint density at radius 3 is 2.80 bits per heavy atom. The molecule has 5 nitrogen and oxygen atoms in total. The fourth-order valence-electron chi connectivity index (χ4n) is 2.01. The fraction of sp³-hybridized carbons (Fsp3) is 0.333. The summed E-state index contributed by atoms with van der Waals surface area (Å²) in [5.74, 6) is -0.104. The smallest absolute Gasteiger partial charge is 0.254 e. The summed E-state index contributed by atoms with van der Waals surface area (Å²) in [6.45, 7) is 2.61. The highest BCUT2D eigenvalue weighted by Gasteiger charge is 2.13. The number of hydrogen-bond donors (Lipinski definition) is 2. The van der Waals surface area contributed by atoms with Crippen molar-refractivity contribution in [2.75, 3.05) is 6.54 Å². The Morgan fingerprint density at radius 2 is 2.15 bits per heavy atom. The summed E-state index contributed by atoms with van der Waals surface area (Å²) in [6, 6.07) is 9.82. The SMILES string of the molecule is CCC(CCN)NC(=O)c1cnn(-c2ccccc2)c1. The van der Waals surface area contributed by atoms with E-state index < -0.39 is 0 Å². The number of amides is 1.